The molecule has 2 aliphatic carbocycles. The lowest BCUT2D eigenvalue weighted by Crippen LogP contribution is -2.66. The molecule has 2 aliphatic heterocycles. The average molecular weight is 868 g/mol. The van der Waals surface area contributed by atoms with Crippen LogP contribution in [-0.2, 0) is 24.4 Å². The van der Waals surface area contributed by atoms with Crippen LogP contribution in [0.4, 0.5) is 22.4 Å². The molecule has 3 N–H and O–H groups in total. The number of halogens is 4. The molecule has 14 nitrogen and oxygen atoms in total. The summed E-state index contributed by atoms with van der Waals surface area (Å²) in [7, 11) is -4.51. The van der Waals surface area contributed by atoms with Crippen molar-refractivity contribution in [3.63, 3.8) is 0 Å². The predicted octanol–water partition coefficient (Wildman–Crippen LogP) is 5.90. The van der Waals surface area contributed by atoms with E-state index in [4.69, 9.17) is 9.47 Å². The molecule has 2 saturated carbocycles. The molecule has 4 aliphatic rings. The number of hydrogen-bond donors (Lipinski definition) is 3. The Balaban J connectivity index is 1.43. The number of sulfonamides is 1. The molecule has 0 radical (unpaired) electrons. The minimum absolute atomic E-state index is 0.00224. The average Bonchev–Trinajstić information content (AvgIpc) is 4.05. The Morgan fingerprint density at radius 3 is 2.43 bits per heavy atom. The maximum absolute atomic E-state index is 15.1. The fourth-order valence-electron chi connectivity index (χ4n) is 8.43. The molecule has 0 bridgehead atoms. The zero-order valence-electron chi connectivity index (χ0n) is 34.4. The molecule has 3 heterocycles. The normalized spacial score (nSPS) is 28.5. The van der Waals surface area contributed by atoms with E-state index >= 15 is 4.79 Å². The first-order valence-electron chi connectivity index (χ1n) is 20.2. The summed E-state index contributed by atoms with van der Waals surface area (Å²) in [5.74, 6) is -4.76. The van der Waals surface area contributed by atoms with Crippen LogP contribution in [0.3, 0.4) is 0 Å². The number of allylic oxidation sites excluding steroid dienone is 1. The summed E-state index contributed by atoms with van der Waals surface area (Å²) in [6, 6.07) is 5.29. The number of pyridine rings is 1. The second kappa shape index (κ2) is 16.3. The molecule has 60 heavy (non-hydrogen) atoms. The van der Waals surface area contributed by atoms with Gasteiger partial charge in [-0.15, -0.1) is 0 Å². The predicted molar refractivity (Wildman–Crippen MR) is 211 cm³/mol. The van der Waals surface area contributed by atoms with Crippen LogP contribution >= 0.6 is 0 Å². The van der Waals surface area contributed by atoms with Gasteiger partial charge in [0.15, 0.2) is 0 Å². The molecule has 1 saturated heterocycles. The summed E-state index contributed by atoms with van der Waals surface area (Å²) in [6.07, 6.45) is -4.31. The van der Waals surface area contributed by atoms with E-state index in [0.717, 1.165) is 4.90 Å². The molecule has 3 fully saturated rings. The number of carbonyl (C=O) groups is 4. The number of aromatic nitrogens is 1. The highest BCUT2D eigenvalue weighted by Gasteiger charge is 2.64. The highest BCUT2D eigenvalue weighted by Crippen LogP contribution is 2.48. The van der Waals surface area contributed by atoms with Gasteiger partial charge in [0.2, 0.25) is 33.6 Å². The topological polar surface area (TPSA) is 185 Å². The molecule has 7 atom stereocenters. The smallest absolute Gasteiger partial charge is 0.411 e. The lowest BCUT2D eigenvalue weighted by molar-refractivity contribution is -0.222. The van der Waals surface area contributed by atoms with Crippen LogP contribution in [-0.4, -0.2) is 112 Å². The van der Waals surface area contributed by atoms with Gasteiger partial charge < -0.3 is 24.8 Å². The third kappa shape index (κ3) is 8.59. The van der Waals surface area contributed by atoms with E-state index in [2.05, 4.69) is 10.3 Å². The number of nitrogens with zero attached hydrogens (tertiary/aromatic N) is 3. The SMILES string of the molecule is CC(C)Oc1cc2ccccc2c(O[C@@H]2C[C@H]3C(=O)N[C@]4(C(=O)NS(=O)(=O)C5(CF)CC5)C[C@H]4C=CCC[C@@H](C)C[C@@H](C)[C@H](N(C(=O)O)C(C)(C)C(F)(F)F)C(=O)N3C2)n1. The number of alkyl halides is 4. The molecule has 1 aromatic heterocycles. The molecular formula is C41H53F4N5O9S. The number of benzene rings is 1. The Labute approximate surface area is 346 Å². The lowest BCUT2D eigenvalue weighted by atomic mass is 9.85. The molecular weight excluding hydrogens is 815 g/mol. The number of carboxylic acid groups (broad SMARTS) is 1. The molecule has 19 heteroatoms. The number of fused-ring (bicyclic) bond motifs is 3. The van der Waals surface area contributed by atoms with Gasteiger partial charge in [0, 0.05) is 23.8 Å². The Hall–Kier alpha value is -4.68. The van der Waals surface area contributed by atoms with Crippen LogP contribution in [0.1, 0.15) is 86.5 Å². The van der Waals surface area contributed by atoms with E-state index in [1.165, 1.54) is 6.92 Å². The van der Waals surface area contributed by atoms with Crippen molar-refractivity contribution in [3.8, 4) is 11.8 Å². The quantitative estimate of drug-likeness (QED) is 0.192. The van der Waals surface area contributed by atoms with E-state index in [9.17, 15) is 45.5 Å². The second-order valence-electron chi connectivity index (χ2n) is 17.6. The third-order valence-corrected chi connectivity index (χ3v) is 14.4. The zero-order chi connectivity index (χ0) is 44.2. The van der Waals surface area contributed by atoms with Crippen molar-refractivity contribution < 1.29 is 59.7 Å². The number of carbonyl (C=O) groups excluding carboxylic acids is 3. The van der Waals surface area contributed by atoms with Gasteiger partial charge in [-0.1, -0.05) is 44.2 Å². The number of amides is 4. The first-order valence-corrected chi connectivity index (χ1v) is 21.7. The fraction of sp³-hybridized carbons (Fsp3) is 0.634. The van der Waals surface area contributed by atoms with Crippen LogP contribution in [0.15, 0.2) is 42.5 Å². The number of rotatable bonds is 10. The number of nitrogens with one attached hydrogen (secondary N) is 2. The Morgan fingerprint density at radius 2 is 1.82 bits per heavy atom. The summed E-state index contributed by atoms with van der Waals surface area (Å²) in [5, 5.41) is 14.4. The monoisotopic (exact) mass is 867 g/mol. The lowest BCUT2D eigenvalue weighted by Gasteiger charge is -2.45. The minimum atomic E-state index is -5.12. The summed E-state index contributed by atoms with van der Waals surface area (Å²) in [5.41, 5.74) is -4.91. The number of ether oxygens (including phenoxy) is 2. The van der Waals surface area contributed by atoms with Gasteiger partial charge in [-0.25, -0.2) is 17.6 Å². The molecule has 1 aromatic carbocycles. The Morgan fingerprint density at radius 1 is 1.13 bits per heavy atom. The molecule has 330 valence electrons. The van der Waals surface area contributed by atoms with E-state index in [0.29, 0.717) is 37.5 Å². The maximum Gasteiger partial charge on any atom is 0.411 e. The first-order chi connectivity index (χ1) is 28.0. The van der Waals surface area contributed by atoms with Crippen molar-refractivity contribution in [1.29, 1.82) is 0 Å². The van der Waals surface area contributed by atoms with E-state index in [1.807, 2.05) is 11.6 Å². The van der Waals surface area contributed by atoms with Gasteiger partial charge in [-0.3, -0.25) is 24.0 Å². The van der Waals surface area contributed by atoms with Gasteiger partial charge >= 0.3 is 12.3 Å². The van der Waals surface area contributed by atoms with Crippen molar-refractivity contribution in [2.75, 3.05) is 13.2 Å². The molecule has 0 spiro atoms. The summed E-state index contributed by atoms with van der Waals surface area (Å²) in [4.78, 5) is 62.2. The van der Waals surface area contributed by atoms with Gasteiger partial charge in [-0.05, 0) is 89.5 Å². The minimum Gasteiger partial charge on any atom is -0.475 e. The first kappa shape index (κ1) is 44.9. The van der Waals surface area contributed by atoms with Gasteiger partial charge in [0.05, 0.1) is 12.6 Å². The van der Waals surface area contributed by atoms with Crippen molar-refractivity contribution in [2.45, 2.75) is 133 Å². The highest BCUT2D eigenvalue weighted by atomic mass is 32.2. The van der Waals surface area contributed by atoms with Crippen molar-refractivity contribution in [2.24, 2.45) is 17.8 Å². The van der Waals surface area contributed by atoms with Crippen molar-refractivity contribution in [3.05, 3.63) is 42.5 Å². The molecule has 2 aromatic rings. The summed E-state index contributed by atoms with van der Waals surface area (Å²) < 4.78 is 97.0. The molecule has 4 amide bonds. The number of hydrogen-bond acceptors (Lipinski definition) is 9. The zero-order valence-corrected chi connectivity index (χ0v) is 35.2. The van der Waals surface area contributed by atoms with E-state index in [-0.39, 0.29) is 60.8 Å². The standard InChI is InChI=1S/C41H53F4N5O9S/c1-23(2)58-31-18-26-12-8-10-14-29(26)34(46-31)59-28-19-30-33(51)47-40(36(53)48-60(56,57)39(22-42)15-16-39)20-27(40)13-9-7-11-24(3)17-25(4)32(35(52)49(30)21-28)50(37(54)55)38(5,6)41(43,44)45/h8-10,12-14,18,23-25,27-28,30,32H,7,11,15-17,19-22H2,1-6H3,(H,47,51)(H,48,53)(H,54,55)/t24-,25-,27-,28-,30+,32+,40-/m1/s1. The Bertz CT molecular complexity index is 2150. The van der Waals surface area contributed by atoms with Crippen LogP contribution in [0.5, 0.6) is 11.8 Å². The molecule has 6 rings (SSSR count). The molecule has 0 unspecified atom stereocenters. The van der Waals surface area contributed by atoms with Crippen LogP contribution in [0.2, 0.25) is 0 Å². The highest BCUT2D eigenvalue weighted by molar-refractivity contribution is 7.91. The van der Waals surface area contributed by atoms with E-state index in [1.54, 1.807) is 56.3 Å². The van der Waals surface area contributed by atoms with Crippen LogP contribution < -0.4 is 19.5 Å². The van der Waals surface area contributed by atoms with Crippen molar-refractivity contribution in [1.82, 2.24) is 24.8 Å². The van der Waals surface area contributed by atoms with E-state index < -0.39 is 99.1 Å². The summed E-state index contributed by atoms with van der Waals surface area (Å²) >= 11 is 0. The van der Waals surface area contributed by atoms with Crippen LogP contribution in [0.25, 0.3) is 10.8 Å². The van der Waals surface area contributed by atoms with Crippen LogP contribution in [0, 0.1) is 17.8 Å². The largest absolute Gasteiger partial charge is 0.475 e. The van der Waals surface area contributed by atoms with Gasteiger partial charge in [0.1, 0.15) is 40.7 Å². The van der Waals surface area contributed by atoms with Gasteiger partial charge in [-0.2, -0.15) is 18.2 Å². The van der Waals surface area contributed by atoms with Crippen molar-refractivity contribution >= 4 is 44.6 Å². The Kier molecular flexibility index (Phi) is 12.2. The van der Waals surface area contributed by atoms with Gasteiger partial charge in [0.25, 0.3) is 5.91 Å². The summed E-state index contributed by atoms with van der Waals surface area (Å²) in [6.45, 7) is 6.65. The third-order valence-electron chi connectivity index (χ3n) is 12.3. The maximum atomic E-state index is 15.1. The fourth-order valence-corrected chi connectivity index (χ4v) is 9.86. The second-order valence-corrected chi connectivity index (χ2v) is 19.7.